The van der Waals surface area contributed by atoms with E-state index in [1.54, 1.807) is 19.2 Å². The van der Waals surface area contributed by atoms with Crippen LogP contribution in [0.25, 0.3) is 0 Å². The molecule has 2 unspecified atom stereocenters. The van der Waals surface area contributed by atoms with Gasteiger partial charge in [0.15, 0.2) is 0 Å². The Labute approximate surface area is 107 Å². The van der Waals surface area contributed by atoms with E-state index in [0.717, 1.165) is 25.0 Å². The van der Waals surface area contributed by atoms with E-state index in [1.165, 1.54) is 0 Å². The Morgan fingerprint density at radius 1 is 1.50 bits per heavy atom. The second kappa shape index (κ2) is 5.35. The molecular weight excluding hydrogens is 230 g/mol. The van der Waals surface area contributed by atoms with Crippen molar-refractivity contribution in [3.8, 4) is 0 Å². The summed E-state index contributed by atoms with van der Waals surface area (Å²) in [4.78, 5) is 16.2. The number of rotatable bonds is 3. The molecule has 1 aliphatic carbocycles. The number of nitrogens with zero attached hydrogens (tertiary/aromatic N) is 1. The Hall–Kier alpha value is -1.62. The number of amides is 1. The van der Waals surface area contributed by atoms with Gasteiger partial charge in [0.1, 0.15) is 5.82 Å². The van der Waals surface area contributed by atoms with Crippen LogP contribution >= 0.6 is 0 Å². The van der Waals surface area contributed by atoms with Gasteiger partial charge in [0.25, 0.3) is 5.91 Å². The van der Waals surface area contributed by atoms with Crippen LogP contribution in [0.15, 0.2) is 12.1 Å². The molecule has 1 aromatic rings. The number of nitrogens with two attached hydrogens (primary N) is 1. The first kappa shape index (κ1) is 12.8. The molecule has 0 spiro atoms. The Morgan fingerprint density at radius 3 is 2.94 bits per heavy atom. The third kappa shape index (κ3) is 2.79. The van der Waals surface area contributed by atoms with Crippen LogP contribution in [0.3, 0.4) is 0 Å². The van der Waals surface area contributed by atoms with E-state index in [-0.39, 0.29) is 18.1 Å². The molecule has 1 heterocycles. The number of pyridine rings is 1. The Bertz CT molecular complexity index is 428. The minimum absolute atomic E-state index is 0.0946. The van der Waals surface area contributed by atoms with Crippen molar-refractivity contribution in [2.45, 2.75) is 38.3 Å². The average molecular weight is 249 g/mol. The summed E-state index contributed by atoms with van der Waals surface area (Å²) in [5.41, 5.74) is 6.95. The monoisotopic (exact) mass is 249 g/mol. The fourth-order valence-electron chi connectivity index (χ4n) is 2.45. The highest BCUT2D eigenvalue weighted by atomic mass is 16.5. The standard InChI is InChI=1S/C13H19N3O2/c1-8-6-9(7-12(14)15-8)13(17)16-10-4-3-5-11(10)18-2/h6-7,10-11H,3-5H2,1-2H3,(H2,14,15)(H,16,17). The molecule has 18 heavy (non-hydrogen) atoms. The van der Waals surface area contributed by atoms with E-state index >= 15 is 0 Å². The Morgan fingerprint density at radius 2 is 2.28 bits per heavy atom. The molecule has 1 aliphatic rings. The number of carbonyl (C=O) groups is 1. The maximum Gasteiger partial charge on any atom is 0.251 e. The number of aryl methyl sites for hydroxylation is 1. The van der Waals surface area contributed by atoms with Crippen LogP contribution in [0.4, 0.5) is 5.82 Å². The number of nitrogen functional groups attached to an aromatic ring is 1. The topological polar surface area (TPSA) is 77.2 Å². The van der Waals surface area contributed by atoms with E-state index in [4.69, 9.17) is 10.5 Å². The summed E-state index contributed by atoms with van der Waals surface area (Å²) in [6, 6.07) is 3.43. The van der Waals surface area contributed by atoms with Crippen molar-refractivity contribution < 1.29 is 9.53 Å². The predicted molar refractivity (Wildman–Crippen MR) is 69.3 cm³/mol. The molecule has 5 nitrogen and oxygen atoms in total. The van der Waals surface area contributed by atoms with E-state index in [1.807, 2.05) is 6.92 Å². The SMILES string of the molecule is COC1CCCC1NC(=O)c1cc(C)nc(N)c1. The summed E-state index contributed by atoms with van der Waals surface area (Å²) in [5, 5.41) is 3.00. The summed E-state index contributed by atoms with van der Waals surface area (Å²) in [5.74, 6) is 0.260. The number of ether oxygens (including phenoxy) is 1. The van der Waals surface area contributed by atoms with Crippen LogP contribution in [-0.2, 0) is 4.74 Å². The van der Waals surface area contributed by atoms with Crippen molar-refractivity contribution >= 4 is 11.7 Å². The minimum atomic E-state index is -0.110. The highest BCUT2D eigenvalue weighted by Gasteiger charge is 2.28. The predicted octanol–water partition coefficient (Wildman–Crippen LogP) is 1.27. The van der Waals surface area contributed by atoms with Gasteiger partial charge in [-0.1, -0.05) is 0 Å². The molecular formula is C13H19N3O2. The fraction of sp³-hybridized carbons (Fsp3) is 0.538. The number of carbonyl (C=O) groups excluding carboxylic acids is 1. The van der Waals surface area contributed by atoms with Crippen LogP contribution in [0, 0.1) is 6.92 Å². The lowest BCUT2D eigenvalue weighted by Crippen LogP contribution is -2.40. The third-order valence-electron chi connectivity index (χ3n) is 3.31. The lowest BCUT2D eigenvalue weighted by molar-refractivity contribution is 0.0722. The largest absolute Gasteiger partial charge is 0.384 e. The van der Waals surface area contributed by atoms with Gasteiger partial charge in [0.05, 0.1) is 12.1 Å². The number of nitrogens with one attached hydrogen (secondary N) is 1. The highest BCUT2D eigenvalue weighted by Crippen LogP contribution is 2.22. The van der Waals surface area contributed by atoms with Crippen molar-refractivity contribution in [3.05, 3.63) is 23.4 Å². The van der Waals surface area contributed by atoms with Crippen molar-refractivity contribution in [1.82, 2.24) is 10.3 Å². The summed E-state index contributed by atoms with van der Waals surface area (Å²) in [7, 11) is 1.68. The molecule has 2 rings (SSSR count). The van der Waals surface area contributed by atoms with Gasteiger partial charge in [0.2, 0.25) is 0 Å². The number of hydrogen-bond donors (Lipinski definition) is 2. The lowest BCUT2D eigenvalue weighted by Gasteiger charge is -2.19. The van der Waals surface area contributed by atoms with E-state index < -0.39 is 0 Å². The van der Waals surface area contributed by atoms with Gasteiger partial charge in [0, 0.05) is 18.4 Å². The Balaban J connectivity index is 2.07. The average Bonchev–Trinajstić information content (AvgIpc) is 2.75. The second-order valence-electron chi connectivity index (χ2n) is 4.71. The van der Waals surface area contributed by atoms with Gasteiger partial charge in [-0.15, -0.1) is 0 Å². The molecule has 3 N–H and O–H groups in total. The van der Waals surface area contributed by atoms with Crippen molar-refractivity contribution in [1.29, 1.82) is 0 Å². The zero-order valence-corrected chi connectivity index (χ0v) is 10.8. The van der Waals surface area contributed by atoms with E-state index in [2.05, 4.69) is 10.3 Å². The number of aromatic nitrogens is 1. The third-order valence-corrected chi connectivity index (χ3v) is 3.31. The van der Waals surface area contributed by atoms with Crippen LogP contribution in [0.2, 0.25) is 0 Å². The van der Waals surface area contributed by atoms with Gasteiger partial charge < -0.3 is 15.8 Å². The molecule has 2 atom stereocenters. The van der Waals surface area contributed by atoms with Gasteiger partial charge >= 0.3 is 0 Å². The molecule has 5 heteroatoms. The molecule has 0 bridgehead atoms. The lowest BCUT2D eigenvalue weighted by atomic mass is 10.1. The second-order valence-corrected chi connectivity index (χ2v) is 4.71. The maximum atomic E-state index is 12.1. The zero-order chi connectivity index (χ0) is 13.1. The first-order valence-electron chi connectivity index (χ1n) is 6.18. The Kier molecular flexibility index (Phi) is 3.81. The molecule has 98 valence electrons. The normalized spacial score (nSPS) is 23.0. The van der Waals surface area contributed by atoms with Crippen molar-refractivity contribution in [2.75, 3.05) is 12.8 Å². The van der Waals surface area contributed by atoms with Gasteiger partial charge in [-0.05, 0) is 38.3 Å². The van der Waals surface area contributed by atoms with Crippen LogP contribution in [0.5, 0.6) is 0 Å². The molecule has 1 saturated carbocycles. The smallest absolute Gasteiger partial charge is 0.251 e. The van der Waals surface area contributed by atoms with Crippen LogP contribution < -0.4 is 11.1 Å². The fourth-order valence-corrected chi connectivity index (χ4v) is 2.45. The minimum Gasteiger partial charge on any atom is -0.384 e. The molecule has 1 fully saturated rings. The molecule has 0 aromatic carbocycles. The van der Waals surface area contributed by atoms with E-state index in [9.17, 15) is 4.79 Å². The molecule has 1 aromatic heterocycles. The quantitative estimate of drug-likeness (QED) is 0.845. The summed E-state index contributed by atoms with van der Waals surface area (Å²) < 4.78 is 5.36. The number of anilines is 1. The number of methoxy groups -OCH3 is 1. The van der Waals surface area contributed by atoms with Gasteiger partial charge in [-0.25, -0.2) is 4.98 Å². The molecule has 1 amide bonds. The maximum absolute atomic E-state index is 12.1. The number of hydrogen-bond acceptors (Lipinski definition) is 4. The summed E-state index contributed by atoms with van der Waals surface area (Å²) in [6.45, 7) is 1.82. The van der Waals surface area contributed by atoms with Gasteiger partial charge in [-0.3, -0.25) is 4.79 Å². The van der Waals surface area contributed by atoms with Crippen LogP contribution in [-0.4, -0.2) is 30.1 Å². The molecule has 0 saturated heterocycles. The van der Waals surface area contributed by atoms with Crippen LogP contribution in [0.1, 0.15) is 35.3 Å². The van der Waals surface area contributed by atoms with Gasteiger partial charge in [-0.2, -0.15) is 0 Å². The molecule has 0 radical (unpaired) electrons. The first-order chi connectivity index (χ1) is 8.60. The highest BCUT2D eigenvalue weighted by molar-refractivity contribution is 5.95. The first-order valence-corrected chi connectivity index (χ1v) is 6.18. The summed E-state index contributed by atoms with van der Waals surface area (Å²) in [6.07, 6.45) is 3.17. The zero-order valence-electron chi connectivity index (χ0n) is 10.8. The van der Waals surface area contributed by atoms with Crippen molar-refractivity contribution in [2.24, 2.45) is 0 Å². The molecule has 0 aliphatic heterocycles. The van der Waals surface area contributed by atoms with E-state index in [0.29, 0.717) is 11.4 Å². The van der Waals surface area contributed by atoms with Crippen molar-refractivity contribution in [3.63, 3.8) is 0 Å². The summed E-state index contributed by atoms with van der Waals surface area (Å²) >= 11 is 0.